The molecule has 3 fully saturated rings. The van der Waals surface area contributed by atoms with Gasteiger partial charge in [0.05, 0.1) is 55.8 Å². The highest BCUT2D eigenvalue weighted by atomic mass is 35.5. The minimum absolute atomic E-state index is 0.0704. The lowest BCUT2D eigenvalue weighted by Crippen LogP contribution is -2.57. The zero-order chi connectivity index (χ0) is 50.8. The van der Waals surface area contributed by atoms with E-state index in [2.05, 4.69) is 22.1 Å². The number of benzene rings is 2. The average molecular weight is 1010 g/mol. The van der Waals surface area contributed by atoms with Crippen LogP contribution in [-0.2, 0) is 39.6 Å². The number of epoxide rings is 1. The van der Waals surface area contributed by atoms with Crippen molar-refractivity contribution in [3.8, 4) is 40.6 Å². The Hall–Kier alpha value is -5.24. The van der Waals surface area contributed by atoms with Crippen molar-refractivity contribution >= 4 is 34.2 Å². The summed E-state index contributed by atoms with van der Waals surface area (Å²) in [6.45, 7) is 8.26. The predicted molar refractivity (Wildman–Crippen MR) is 253 cm³/mol. The van der Waals surface area contributed by atoms with E-state index in [0.29, 0.717) is 27.7 Å². The number of hydrogen-bond donors (Lipinski definition) is 5. The van der Waals surface area contributed by atoms with Gasteiger partial charge in [-0.3, -0.25) is 4.79 Å². The molecule has 8 heterocycles. The van der Waals surface area contributed by atoms with Gasteiger partial charge in [0.1, 0.15) is 48.9 Å². The minimum atomic E-state index is -1.54. The number of aromatic nitrogens is 1. The van der Waals surface area contributed by atoms with Crippen molar-refractivity contribution in [2.24, 2.45) is 0 Å². The van der Waals surface area contributed by atoms with Gasteiger partial charge in [0.15, 0.2) is 40.6 Å². The molecule has 0 radical (unpaired) electrons. The molecule has 6 bridgehead atoms. The van der Waals surface area contributed by atoms with Crippen molar-refractivity contribution in [1.82, 2.24) is 15.2 Å². The van der Waals surface area contributed by atoms with Crippen LogP contribution < -0.4 is 24.3 Å². The Bertz CT molecular complexity index is 2690. The van der Waals surface area contributed by atoms with Gasteiger partial charge in [-0.25, -0.2) is 9.78 Å². The van der Waals surface area contributed by atoms with Gasteiger partial charge in [-0.05, 0) is 96.6 Å². The molecular weight excluding hydrogens is 946 g/mol. The number of methoxy groups -OCH3 is 2. The smallest absolute Gasteiger partial charge is 0.329 e. The molecule has 2 aromatic carbocycles. The predicted octanol–water partition coefficient (Wildman–Crippen LogP) is 3.51. The number of aliphatic hydroxyl groups excluding tert-OH is 2. The summed E-state index contributed by atoms with van der Waals surface area (Å²) in [7, 11) is 6.60. The Labute approximate surface area is 415 Å². The SMILES string of the molecule is COc1c(OC(C)C)cc2cc(O)c(C(=O)NC3Cc4ccc(c(Cl)n4)O[C@H]4C=C5C#CC(=C[C@@H]6O[C@]56[C@@H]4O[C@H]4C[C@@](C)(O)[C@@H](O)[C@@H](C)O4)C(O[C@H]4C[C@H](O)[C@H](N(C)C)[C@H](C)O4)COC3=O)cc2c1OC. The first-order chi connectivity index (χ1) is 33.7. The number of phenols is 1. The lowest BCUT2D eigenvalue weighted by Gasteiger charge is -2.43. The summed E-state index contributed by atoms with van der Waals surface area (Å²) in [4.78, 5) is 35.3. The first kappa shape index (κ1) is 50.7. The van der Waals surface area contributed by atoms with Crippen molar-refractivity contribution in [2.75, 3.05) is 34.9 Å². The third-order valence-electron chi connectivity index (χ3n) is 13.8. The molecule has 19 nitrogen and oxygen atoms in total. The number of nitrogens with one attached hydrogen (secondary N) is 1. The molecule has 2 aliphatic carbocycles. The summed E-state index contributed by atoms with van der Waals surface area (Å²) in [6.07, 6.45) is -5.71. The normalized spacial score (nSPS) is 34.3. The van der Waals surface area contributed by atoms with E-state index in [9.17, 15) is 30.0 Å². The maximum atomic E-state index is 14.5. The molecule has 12 rings (SSSR count). The van der Waals surface area contributed by atoms with Crippen LogP contribution >= 0.6 is 11.6 Å². The number of halogens is 1. The van der Waals surface area contributed by atoms with E-state index < -0.39 is 103 Å². The fourth-order valence-electron chi connectivity index (χ4n) is 10.3. The second kappa shape index (κ2) is 19.6. The molecule has 0 saturated carbocycles. The molecule has 1 aromatic heterocycles. The number of likely N-dealkylation sites (N-methyl/N-ethyl adjacent to an activating group) is 1. The van der Waals surface area contributed by atoms with E-state index in [-0.39, 0.29) is 65.1 Å². The number of nitrogens with zero attached hydrogens (tertiary/aromatic N) is 2. The van der Waals surface area contributed by atoms with Crippen LogP contribution in [0.15, 0.2) is 53.6 Å². The van der Waals surface area contributed by atoms with E-state index in [1.165, 1.54) is 33.3 Å². The maximum absolute atomic E-state index is 14.5. The number of rotatable bonds is 11. The molecule has 1 amide bonds. The van der Waals surface area contributed by atoms with Gasteiger partial charge < -0.3 is 78.0 Å². The lowest BCUT2D eigenvalue weighted by molar-refractivity contribution is -0.290. The summed E-state index contributed by atoms with van der Waals surface area (Å²) in [5, 5.41) is 48.0. The van der Waals surface area contributed by atoms with Gasteiger partial charge in [-0.15, -0.1) is 0 Å². The van der Waals surface area contributed by atoms with E-state index >= 15 is 0 Å². The fourth-order valence-corrected chi connectivity index (χ4v) is 10.5. The first-order valence-corrected chi connectivity index (χ1v) is 24.0. The molecule has 7 aliphatic heterocycles. The van der Waals surface area contributed by atoms with E-state index in [1.54, 1.807) is 37.3 Å². The molecule has 20 heteroatoms. The third kappa shape index (κ3) is 9.75. The van der Waals surface area contributed by atoms with Gasteiger partial charge in [0.2, 0.25) is 5.75 Å². The van der Waals surface area contributed by atoms with Crippen LogP contribution in [0.3, 0.4) is 0 Å². The van der Waals surface area contributed by atoms with Crippen molar-refractivity contribution in [2.45, 2.75) is 145 Å². The van der Waals surface area contributed by atoms with Crippen LogP contribution in [0.5, 0.6) is 28.7 Å². The number of phenolic OH excluding ortho intramolecular Hbond substituents is 1. The molecule has 9 aliphatic rings. The summed E-state index contributed by atoms with van der Waals surface area (Å²) >= 11 is 6.84. The number of fused-ring (bicyclic) bond motifs is 1. The molecule has 3 saturated heterocycles. The number of aliphatic hydroxyl groups is 3. The maximum Gasteiger partial charge on any atom is 0.329 e. The zero-order valence-electron chi connectivity index (χ0n) is 40.8. The zero-order valence-corrected chi connectivity index (χ0v) is 41.6. The molecule has 1 spiro atoms. The van der Waals surface area contributed by atoms with Crippen LogP contribution in [0.2, 0.25) is 5.15 Å². The summed E-state index contributed by atoms with van der Waals surface area (Å²) < 4.78 is 62.1. The number of carbonyl (C=O) groups is 2. The van der Waals surface area contributed by atoms with Gasteiger partial charge in [-0.1, -0.05) is 23.4 Å². The summed E-state index contributed by atoms with van der Waals surface area (Å²) in [5.41, 5.74) is -1.77. The van der Waals surface area contributed by atoms with Crippen molar-refractivity contribution in [3.05, 3.63) is 70.0 Å². The lowest BCUT2D eigenvalue weighted by atomic mass is 9.88. The van der Waals surface area contributed by atoms with Gasteiger partial charge in [0.25, 0.3) is 5.91 Å². The van der Waals surface area contributed by atoms with E-state index in [0.717, 1.165) is 0 Å². The van der Waals surface area contributed by atoms with Gasteiger partial charge >= 0.3 is 5.97 Å². The number of amides is 1. The van der Waals surface area contributed by atoms with Crippen molar-refractivity contribution < 1.29 is 77.4 Å². The second-order valence-corrected chi connectivity index (χ2v) is 19.9. The van der Waals surface area contributed by atoms with Gasteiger partial charge in [0, 0.05) is 41.5 Å². The van der Waals surface area contributed by atoms with Crippen molar-refractivity contribution in [1.29, 1.82) is 0 Å². The third-order valence-corrected chi connectivity index (χ3v) is 14.0. The Morgan fingerprint density at radius 2 is 1.76 bits per heavy atom. The number of hydrogen-bond acceptors (Lipinski definition) is 18. The number of pyridine rings is 1. The first-order valence-electron chi connectivity index (χ1n) is 23.6. The van der Waals surface area contributed by atoms with Crippen LogP contribution in [0.25, 0.3) is 10.8 Å². The molecule has 382 valence electrons. The van der Waals surface area contributed by atoms with Crippen LogP contribution in [0.1, 0.15) is 63.5 Å². The van der Waals surface area contributed by atoms with Crippen molar-refractivity contribution in [3.63, 3.8) is 0 Å². The molecule has 5 N–H and O–H groups in total. The summed E-state index contributed by atoms with van der Waals surface area (Å²) in [5.74, 6) is 5.36. The number of ether oxygens (including phenoxy) is 10. The largest absolute Gasteiger partial charge is 0.507 e. The quantitative estimate of drug-likeness (QED) is 0.0800. The second-order valence-electron chi connectivity index (χ2n) is 19.5. The Morgan fingerprint density at radius 1 is 1.01 bits per heavy atom. The highest BCUT2D eigenvalue weighted by molar-refractivity contribution is 6.30. The number of esters is 1. The van der Waals surface area contributed by atoms with Crippen LogP contribution in [0, 0.1) is 11.8 Å². The van der Waals surface area contributed by atoms with E-state index in [1.807, 2.05) is 39.8 Å². The topological polar surface area (TPSA) is 239 Å². The number of aromatic hydroxyl groups is 1. The highest BCUT2D eigenvalue weighted by Crippen LogP contribution is 2.55. The molecule has 14 atom stereocenters. The number of carbonyl (C=O) groups excluding carboxylic acids is 2. The summed E-state index contributed by atoms with van der Waals surface area (Å²) in [6, 6.07) is 5.88. The Morgan fingerprint density at radius 3 is 2.44 bits per heavy atom. The Kier molecular flexibility index (Phi) is 14.0. The molecule has 71 heavy (non-hydrogen) atoms. The average Bonchev–Trinajstić information content (AvgIpc) is 3.97. The standard InChI is InChI=1S/C51H60ClN3O16/c1-23(2)65-36-15-27-14-33(56)31(19-30(27)43(62-8)44(36)63-9)48(59)54-32-18-29-12-13-35(47(52)53-29)68-37-17-28-11-10-26(38(22-64-49(32)60)69-40-20-34(57)42(55(6)7)24(3)66-40)16-39-51(28,71-39)46(37)70-41-21-50(5,61)45(58)25(4)67-41/h12-17,19,23-25,32,34,37-42,45-46,56-58,61H,18,20-22H2,1-9H3,(H,54,59)/t24-,25+,32?,34-,37-,38?,39-,40-,41-,42+,45-,46+,50+,51+/m0/s1. The van der Waals surface area contributed by atoms with Gasteiger partial charge in [-0.2, -0.15) is 0 Å². The minimum Gasteiger partial charge on any atom is -0.507 e. The molecule has 3 aromatic rings. The van der Waals surface area contributed by atoms with Crippen LogP contribution in [0.4, 0.5) is 0 Å². The Balaban J connectivity index is 1.07. The monoisotopic (exact) mass is 1010 g/mol. The highest BCUT2D eigenvalue weighted by Gasteiger charge is 2.70. The van der Waals surface area contributed by atoms with E-state index in [4.69, 9.17) is 59.0 Å². The fraction of sp³-hybridized carbons (Fsp3) is 0.549. The molecular formula is C51H60ClN3O16. The molecule has 2 unspecified atom stereocenters. The van der Waals surface area contributed by atoms with Crippen LogP contribution in [-0.4, -0.2) is 168 Å².